The average molecular weight is 283 g/mol. The van der Waals surface area contributed by atoms with E-state index in [1.165, 1.54) is 45.3 Å². The number of hydrogen-bond donors (Lipinski definition) is 0. The Morgan fingerprint density at radius 2 is 1.95 bits per heavy atom. The molecule has 1 atom stereocenters. The van der Waals surface area contributed by atoms with Gasteiger partial charge in [-0.2, -0.15) is 0 Å². The summed E-state index contributed by atoms with van der Waals surface area (Å²) in [7, 11) is 0. The lowest BCUT2D eigenvalue weighted by atomic mass is 9.87. The molecule has 0 radical (unpaired) electrons. The molecule has 116 valence electrons. The minimum absolute atomic E-state index is 0.131. The summed E-state index contributed by atoms with van der Waals surface area (Å²) in [4.78, 5) is 2.64. The smallest absolute Gasteiger partial charge is 0.0836 e. The average Bonchev–Trinajstić information content (AvgIpc) is 2.86. The predicted octanol–water partition coefficient (Wildman–Crippen LogP) is 2.07. The number of hydrogen-bond acceptors (Lipinski definition) is 4. The zero-order valence-corrected chi connectivity index (χ0v) is 12.8. The quantitative estimate of drug-likeness (QED) is 0.790. The summed E-state index contributed by atoms with van der Waals surface area (Å²) in [6, 6.07) is 0. The van der Waals surface area contributed by atoms with Gasteiger partial charge in [-0.15, -0.1) is 0 Å². The molecule has 3 heterocycles. The third-order valence-corrected chi connectivity index (χ3v) is 5.20. The Morgan fingerprint density at radius 1 is 1.20 bits per heavy atom. The number of piperidine rings is 1. The van der Waals surface area contributed by atoms with Gasteiger partial charge in [0.15, 0.2) is 0 Å². The molecule has 0 aromatic carbocycles. The van der Waals surface area contributed by atoms with E-state index < -0.39 is 0 Å². The van der Waals surface area contributed by atoms with E-state index in [4.69, 9.17) is 14.2 Å². The molecule has 0 saturated carbocycles. The summed E-state index contributed by atoms with van der Waals surface area (Å²) < 4.78 is 17.3. The van der Waals surface area contributed by atoms with E-state index in [0.29, 0.717) is 6.10 Å². The van der Waals surface area contributed by atoms with Crippen LogP contribution in [-0.2, 0) is 14.2 Å². The van der Waals surface area contributed by atoms with Crippen molar-refractivity contribution < 1.29 is 14.2 Å². The van der Waals surface area contributed by atoms with Gasteiger partial charge in [-0.05, 0) is 38.5 Å². The van der Waals surface area contributed by atoms with Crippen molar-refractivity contribution in [3.8, 4) is 0 Å². The third kappa shape index (κ3) is 3.53. The maximum absolute atomic E-state index is 6.11. The van der Waals surface area contributed by atoms with E-state index in [-0.39, 0.29) is 5.60 Å². The first-order chi connectivity index (χ1) is 9.80. The Balaban J connectivity index is 1.42. The number of likely N-dealkylation sites (tertiary alicyclic amines) is 1. The molecule has 0 bridgehead atoms. The fraction of sp³-hybridized carbons (Fsp3) is 1.00. The summed E-state index contributed by atoms with van der Waals surface area (Å²) in [6.07, 6.45) is 6.28. The van der Waals surface area contributed by atoms with Crippen LogP contribution in [0.4, 0.5) is 0 Å². The highest BCUT2D eigenvalue weighted by atomic mass is 16.6. The Morgan fingerprint density at radius 3 is 2.65 bits per heavy atom. The van der Waals surface area contributed by atoms with Gasteiger partial charge in [0, 0.05) is 45.9 Å². The largest absolute Gasteiger partial charge is 0.381 e. The molecule has 20 heavy (non-hydrogen) atoms. The Labute approximate surface area is 122 Å². The van der Waals surface area contributed by atoms with Crippen LogP contribution in [0.5, 0.6) is 0 Å². The lowest BCUT2D eigenvalue weighted by molar-refractivity contribution is -0.0499. The maximum atomic E-state index is 6.11. The lowest BCUT2D eigenvalue weighted by Crippen LogP contribution is -2.46. The van der Waals surface area contributed by atoms with Crippen LogP contribution >= 0.6 is 0 Å². The second-order valence-electron chi connectivity index (χ2n) is 6.63. The number of rotatable bonds is 4. The maximum Gasteiger partial charge on any atom is 0.0836 e. The van der Waals surface area contributed by atoms with Crippen LogP contribution in [0.3, 0.4) is 0 Å². The standard InChI is InChI=1S/C16H29NO3/c1-2-19-15-11-16(20-13-15)5-7-17(8-6-16)12-14-3-9-18-10-4-14/h14-15H,2-13H2,1H3. The molecule has 3 rings (SSSR count). The van der Waals surface area contributed by atoms with Gasteiger partial charge in [0.25, 0.3) is 0 Å². The predicted molar refractivity (Wildman–Crippen MR) is 77.9 cm³/mol. The normalized spacial score (nSPS) is 31.9. The fourth-order valence-corrected chi connectivity index (χ4v) is 3.93. The topological polar surface area (TPSA) is 30.9 Å². The monoisotopic (exact) mass is 283 g/mol. The zero-order chi connectivity index (χ0) is 13.8. The van der Waals surface area contributed by atoms with Crippen molar-refractivity contribution in [3.05, 3.63) is 0 Å². The highest BCUT2D eigenvalue weighted by Gasteiger charge is 2.43. The van der Waals surface area contributed by atoms with Gasteiger partial charge in [-0.25, -0.2) is 0 Å². The molecule has 0 aliphatic carbocycles. The number of nitrogens with zero attached hydrogens (tertiary/aromatic N) is 1. The first kappa shape index (κ1) is 14.8. The van der Waals surface area contributed by atoms with Crippen LogP contribution in [0, 0.1) is 5.92 Å². The highest BCUT2D eigenvalue weighted by Crippen LogP contribution is 2.37. The van der Waals surface area contributed by atoms with Crippen molar-refractivity contribution in [2.45, 2.75) is 50.7 Å². The van der Waals surface area contributed by atoms with E-state index in [9.17, 15) is 0 Å². The first-order valence-corrected chi connectivity index (χ1v) is 8.35. The molecule has 3 aliphatic heterocycles. The Kier molecular flexibility index (Phi) is 4.97. The number of ether oxygens (including phenoxy) is 3. The van der Waals surface area contributed by atoms with Gasteiger partial charge in [0.05, 0.1) is 18.3 Å². The molecule has 4 nitrogen and oxygen atoms in total. The Bertz CT molecular complexity index is 296. The van der Waals surface area contributed by atoms with Gasteiger partial charge in [-0.1, -0.05) is 0 Å². The minimum atomic E-state index is 0.131. The SMILES string of the molecule is CCOC1COC2(CCN(CC3CCOCC3)CC2)C1. The van der Waals surface area contributed by atoms with Crippen LogP contribution in [0.2, 0.25) is 0 Å². The van der Waals surface area contributed by atoms with Crippen molar-refractivity contribution in [1.82, 2.24) is 4.90 Å². The van der Waals surface area contributed by atoms with E-state index in [1.807, 2.05) is 0 Å². The van der Waals surface area contributed by atoms with Crippen LogP contribution in [-0.4, -0.2) is 62.7 Å². The molecule has 4 heteroatoms. The first-order valence-electron chi connectivity index (χ1n) is 8.35. The van der Waals surface area contributed by atoms with Crippen molar-refractivity contribution >= 4 is 0 Å². The third-order valence-electron chi connectivity index (χ3n) is 5.20. The minimum Gasteiger partial charge on any atom is -0.381 e. The molecule has 0 aromatic heterocycles. The molecule has 3 saturated heterocycles. The summed E-state index contributed by atoms with van der Waals surface area (Å²) in [5, 5.41) is 0. The second-order valence-corrected chi connectivity index (χ2v) is 6.63. The fourth-order valence-electron chi connectivity index (χ4n) is 3.93. The van der Waals surface area contributed by atoms with Gasteiger partial charge < -0.3 is 19.1 Å². The molecule has 0 amide bonds. The van der Waals surface area contributed by atoms with Gasteiger partial charge >= 0.3 is 0 Å². The van der Waals surface area contributed by atoms with E-state index in [0.717, 1.165) is 38.8 Å². The summed E-state index contributed by atoms with van der Waals surface area (Å²) in [6.45, 7) is 9.24. The molecule has 3 aliphatic rings. The molecule has 3 fully saturated rings. The van der Waals surface area contributed by atoms with Crippen LogP contribution in [0.1, 0.15) is 39.0 Å². The lowest BCUT2D eigenvalue weighted by Gasteiger charge is -2.40. The van der Waals surface area contributed by atoms with E-state index >= 15 is 0 Å². The van der Waals surface area contributed by atoms with Crippen LogP contribution in [0.15, 0.2) is 0 Å². The van der Waals surface area contributed by atoms with Crippen LogP contribution in [0.25, 0.3) is 0 Å². The van der Waals surface area contributed by atoms with Crippen molar-refractivity contribution in [2.24, 2.45) is 5.92 Å². The van der Waals surface area contributed by atoms with Crippen LogP contribution < -0.4 is 0 Å². The molecule has 0 aromatic rings. The highest BCUT2D eigenvalue weighted by molar-refractivity contribution is 4.94. The van der Waals surface area contributed by atoms with Crippen molar-refractivity contribution in [3.63, 3.8) is 0 Å². The van der Waals surface area contributed by atoms with Crippen molar-refractivity contribution in [2.75, 3.05) is 46.1 Å². The Hall–Kier alpha value is -0.160. The molecule has 1 spiro atoms. The van der Waals surface area contributed by atoms with E-state index in [1.54, 1.807) is 0 Å². The van der Waals surface area contributed by atoms with Gasteiger partial charge in [-0.3, -0.25) is 0 Å². The van der Waals surface area contributed by atoms with Gasteiger partial charge in [0.1, 0.15) is 0 Å². The molecule has 1 unspecified atom stereocenters. The molecule has 0 N–H and O–H groups in total. The summed E-state index contributed by atoms with van der Waals surface area (Å²) in [5.74, 6) is 0.846. The zero-order valence-electron chi connectivity index (χ0n) is 12.8. The van der Waals surface area contributed by atoms with Crippen molar-refractivity contribution in [1.29, 1.82) is 0 Å². The second kappa shape index (κ2) is 6.73. The molecular formula is C16H29NO3. The van der Waals surface area contributed by atoms with E-state index in [2.05, 4.69) is 11.8 Å². The summed E-state index contributed by atoms with van der Waals surface area (Å²) in [5.41, 5.74) is 0.131. The summed E-state index contributed by atoms with van der Waals surface area (Å²) >= 11 is 0. The molecular weight excluding hydrogens is 254 g/mol. The van der Waals surface area contributed by atoms with Gasteiger partial charge in [0.2, 0.25) is 0 Å².